The van der Waals surface area contributed by atoms with E-state index in [-0.39, 0.29) is 12.1 Å². The number of carbonyl (C=O) groups excluding carboxylic acids is 1. The molecule has 0 fully saturated rings. The predicted molar refractivity (Wildman–Crippen MR) is 57.7 cm³/mol. The second-order valence-corrected chi connectivity index (χ2v) is 3.83. The van der Waals surface area contributed by atoms with E-state index in [0.29, 0.717) is 11.4 Å². The fourth-order valence-corrected chi connectivity index (χ4v) is 1.17. The molecule has 4 nitrogen and oxygen atoms in total. The molecule has 2 N–H and O–H groups in total. The van der Waals surface area contributed by atoms with Gasteiger partial charge in [0.15, 0.2) is 0 Å². The maximum absolute atomic E-state index is 11.4. The van der Waals surface area contributed by atoms with Crippen molar-refractivity contribution < 1.29 is 4.79 Å². The third-order valence-corrected chi connectivity index (χ3v) is 2.01. The fourth-order valence-electron chi connectivity index (χ4n) is 0.932. The maximum Gasteiger partial charge on any atom is 0.319 e. The predicted octanol–water partition coefficient (Wildman–Crippen LogP) is 0.665. The normalized spacial score (nSPS) is 12.0. The van der Waals surface area contributed by atoms with Crippen LogP contribution < -0.4 is 5.73 Å². The van der Waals surface area contributed by atoms with Gasteiger partial charge < -0.3 is 15.5 Å². The number of urea groups is 1. The van der Waals surface area contributed by atoms with Gasteiger partial charge in [-0.05, 0) is 6.92 Å². The SMILES string of the molecule is CC(CC(N)=S)N(C)C(=O)N(C)C. The lowest BCUT2D eigenvalue weighted by Crippen LogP contribution is -2.42. The van der Waals surface area contributed by atoms with Crippen molar-refractivity contribution in [3.05, 3.63) is 0 Å². The van der Waals surface area contributed by atoms with Gasteiger partial charge in [0.2, 0.25) is 0 Å². The average Bonchev–Trinajstić information content (AvgIpc) is 2.00. The molecule has 5 heteroatoms. The Morgan fingerprint density at radius 1 is 1.46 bits per heavy atom. The smallest absolute Gasteiger partial charge is 0.319 e. The van der Waals surface area contributed by atoms with Crippen molar-refractivity contribution >= 4 is 23.2 Å². The first-order chi connectivity index (χ1) is 5.86. The summed E-state index contributed by atoms with van der Waals surface area (Å²) in [5.41, 5.74) is 5.39. The highest BCUT2D eigenvalue weighted by Gasteiger charge is 2.17. The molecule has 0 rings (SSSR count). The van der Waals surface area contributed by atoms with Gasteiger partial charge in [-0.25, -0.2) is 4.79 Å². The lowest BCUT2D eigenvalue weighted by Gasteiger charge is -2.27. The van der Waals surface area contributed by atoms with Crippen molar-refractivity contribution in [2.45, 2.75) is 19.4 Å². The van der Waals surface area contributed by atoms with Crippen LogP contribution >= 0.6 is 12.2 Å². The Morgan fingerprint density at radius 3 is 2.23 bits per heavy atom. The van der Waals surface area contributed by atoms with Crippen molar-refractivity contribution in [3.63, 3.8) is 0 Å². The molecular weight excluding hydrogens is 186 g/mol. The van der Waals surface area contributed by atoms with Crippen molar-refractivity contribution in [3.8, 4) is 0 Å². The number of amides is 2. The second-order valence-electron chi connectivity index (χ2n) is 3.31. The zero-order valence-corrected chi connectivity index (χ0v) is 9.39. The zero-order valence-electron chi connectivity index (χ0n) is 8.57. The van der Waals surface area contributed by atoms with Crippen LogP contribution in [0.15, 0.2) is 0 Å². The molecule has 0 aliphatic heterocycles. The van der Waals surface area contributed by atoms with Crippen molar-refractivity contribution in [1.82, 2.24) is 9.80 Å². The Hall–Kier alpha value is -0.840. The van der Waals surface area contributed by atoms with Gasteiger partial charge in [-0.2, -0.15) is 0 Å². The van der Waals surface area contributed by atoms with Gasteiger partial charge in [-0.3, -0.25) is 0 Å². The highest BCUT2D eigenvalue weighted by molar-refractivity contribution is 7.80. The molecule has 0 saturated carbocycles. The monoisotopic (exact) mass is 203 g/mol. The van der Waals surface area contributed by atoms with Crippen LogP contribution in [-0.4, -0.2) is 48.0 Å². The molecule has 0 aliphatic rings. The second kappa shape index (κ2) is 5.01. The van der Waals surface area contributed by atoms with Gasteiger partial charge in [0, 0.05) is 33.6 Å². The van der Waals surface area contributed by atoms with E-state index in [0.717, 1.165) is 0 Å². The Kier molecular flexibility index (Phi) is 4.69. The minimum absolute atomic E-state index is 0.0382. The first kappa shape index (κ1) is 12.2. The molecule has 0 aromatic heterocycles. The summed E-state index contributed by atoms with van der Waals surface area (Å²) in [5, 5.41) is 0. The van der Waals surface area contributed by atoms with Crippen LogP contribution in [0.25, 0.3) is 0 Å². The van der Waals surface area contributed by atoms with Crippen LogP contribution in [0, 0.1) is 0 Å². The van der Waals surface area contributed by atoms with Crippen LogP contribution in [0.2, 0.25) is 0 Å². The number of nitrogens with zero attached hydrogens (tertiary/aromatic N) is 2. The first-order valence-electron chi connectivity index (χ1n) is 4.08. The molecule has 0 radical (unpaired) electrons. The van der Waals surface area contributed by atoms with Gasteiger partial charge in [-0.1, -0.05) is 12.2 Å². The summed E-state index contributed by atoms with van der Waals surface area (Å²) in [6, 6.07) is 0.0103. The Bertz CT molecular complexity index is 206. The molecule has 0 saturated heterocycles. The number of rotatable bonds is 3. The molecule has 1 atom stereocenters. The third kappa shape index (κ3) is 4.07. The lowest BCUT2D eigenvalue weighted by molar-refractivity contribution is 0.168. The Balaban J connectivity index is 4.17. The first-order valence-corrected chi connectivity index (χ1v) is 4.49. The fraction of sp³-hybridized carbons (Fsp3) is 0.750. The van der Waals surface area contributed by atoms with E-state index in [1.54, 1.807) is 26.0 Å². The third-order valence-electron chi connectivity index (χ3n) is 1.84. The molecule has 0 spiro atoms. The molecular formula is C8H17N3OS. The van der Waals surface area contributed by atoms with E-state index < -0.39 is 0 Å². The van der Waals surface area contributed by atoms with E-state index in [4.69, 9.17) is 18.0 Å². The van der Waals surface area contributed by atoms with Crippen molar-refractivity contribution in [1.29, 1.82) is 0 Å². The van der Waals surface area contributed by atoms with Gasteiger partial charge in [-0.15, -0.1) is 0 Å². The number of hydrogen-bond acceptors (Lipinski definition) is 2. The molecule has 1 unspecified atom stereocenters. The number of thiocarbonyl (C=S) groups is 1. The summed E-state index contributed by atoms with van der Waals surface area (Å²) in [7, 11) is 5.17. The minimum Gasteiger partial charge on any atom is -0.393 e. The molecule has 0 aliphatic carbocycles. The van der Waals surface area contributed by atoms with Crippen LogP contribution in [-0.2, 0) is 0 Å². The van der Waals surface area contributed by atoms with E-state index in [2.05, 4.69) is 0 Å². The quantitative estimate of drug-likeness (QED) is 0.686. The van der Waals surface area contributed by atoms with Gasteiger partial charge in [0.1, 0.15) is 0 Å². The summed E-state index contributed by atoms with van der Waals surface area (Å²) >= 11 is 4.77. The van der Waals surface area contributed by atoms with Crippen LogP contribution in [0.4, 0.5) is 4.79 Å². The Morgan fingerprint density at radius 2 is 1.92 bits per heavy atom. The van der Waals surface area contributed by atoms with E-state index >= 15 is 0 Å². The highest BCUT2D eigenvalue weighted by Crippen LogP contribution is 2.03. The maximum atomic E-state index is 11.4. The summed E-state index contributed by atoms with van der Waals surface area (Å²) in [6.07, 6.45) is 0.561. The van der Waals surface area contributed by atoms with E-state index in [1.165, 1.54) is 4.90 Å². The molecule has 76 valence electrons. The van der Waals surface area contributed by atoms with Gasteiger partial charge in [0.05, 0.1) is 4.99 Å². The molecule has 13 heavy (non-hydrogen) atoms. The topological polar surface area (TPSA) is 49.6 Å². The summed E-state index contributed by atoms with van der Waals surface area (Å²) < 4.78 is 0. The van der Waals surface area contributed by atoms with E-state index in [9.17, 15) is 4.79 Å². The largest absolute Gasteiger partial charge is 0.393 e. The van der Waals surface area contributed by atoms with Crippen LogP contribution in [0.5, 0.6) is 0 Å². The standard InChI is InChI=1S/C8H17N3OS/c1-6(5-7(9)13)11(4)8(12)10(2)3/h6H,5H2,1-4H3,(H2,9,13). The molecule has 0 aromatic rings. The highest BCUT2D eigenvalue weighted by atomic mass is 32.1. The zero-order chi connectivity index (χ0) is 10.6. The molecule has 2 amide bonds. The summed E-state index contributed by atoms with van der Waals surface area (Å²) in [4.78, 5) is 15.0. The van der Waals surface area contributed by atoms with Crippen molar-refractivity contribution in [2.24, 2.45) is 5.73 Å². The van der Waals surface area contributed by atoms with Crippen molar-refractivity contribution in [2.75, 3.05) is 21.1 Å². The number of nitrogens with two attached hydrogens (primary N) is 1. The minimum atomic E-state index is -0.0382. The lowest BCUT2D eigenvalue weighted by atomic mass is 10.2. The summed E-state index contributed by atoms with van der Waals surface area (Å²) in [6.45, 7) is 1.92. The number of hydrogen-bond donors (Lipinski definition) is 1. The van der Waals surface area contributed by atoms with E-state index in [1.807, 2.05) is 6.92 Å². The van der Waals surface area contributed by atoms with Gasteiger partial charge in [0.25, 0.3) is 0 Å². The Labute approximate surface area is 84.7 Å². The van der Waals surface area contributed by atoms with Crippen LogP contribution in [0.1, 0.15) is 13.3 Å². The molecule has 0 bridgehead atoms. The van der Waals surface area contributed by atoms with Gasteiger partial charge >= 0.3 is 6.03 Å². The number of carbonyl (C=O) groups is 1. The molecule has 0 aromatic carbocycles. The summed E-state index contributed by atoms with van der Waals surface area (Å²) in [5.74, 6) is 0. The average molecular weight is 203 g/mol. The van der Waals surface area contributed by atoms with Crippen LogP contribution in [0.3, 0.4) is 0 Å². The molecule has 0 heterocycles.